The Kier molecular flexibility index (Phi) is 5.56. The number of anilines is 2. The summed E-state index contributed by atoms with van der Waals surface area (Å²) in [5, 5.41) is 18.6. The Morgan fingerprint density at radius 2 is 2.06 bits per heavy atom. The van der Waals surface area contributed by atoms with Gasteiger partial charge in [-0.3, -0.25) is 9.58 Å². The van der Waals surface area contributed by atoms with Gasteiger partial charge in [-0.2, -0.15) is 5.10 Å². The molecular weight excluding hydrogens is 411 g/mol. The Bertz CT molecular complexity index is 1140. The topological polar surface area (TPSA) is 88.3 Å². The molecule has 4 heterocycles. The molecule has 2 fully saturated rings. The number of benzene rings is 1. The second kappa shape index (κ2) is 8.38. The van der Waals surface area contributed by atoms with E-state index in [2.05, 4.69) is 20.4 Å². The molecule has 9 heteroatoms. The van der Waals surface area contributed by atoms with Gasteiger partial charge in [0.15, 0.2) is 0 Å². The number of aliphatic hydroxyl groups excluding tert-OH is 1. The number of aryl methyl sites for hydroxylation is 3. The van der Waals surface area contributed by atoms with Crippen molar-refractivity contribution in [3.05, 3.63) is 41.2 Å². The molecule has 2 aliphatic heterocycles. The Balaban J connectivity index is 1.39. The second-order valence-corrected chi connectivity index (χ2v) is 8.96. The minimum absolute atomic E-state index is 0.107. The van der Waals surface area contributed by atoms with Crippen molar-refractivity contribution in [1.29, 1.82) is 0 Å². The fourth-order valence-electron chi connectivity index (χ4n) is 4.97. The lowest BCUT2D eigenvalue weighted by molar-refractivity contribution is 0.0352. The standard InChI is InChI=1S/C23H29FN6O2/c1-13-6-15-9-25-23(27-22-7-14(2)28-29(22)3)26-19(15)8-17(13)16-4-5-30(10-18(16)24)20-11-32-12-21(20)31/h6-9,16,18,20-21,31H,4-5,10-12H2,1-3H3,(H,25,26,27)/t16-,18+,20+,21-/m1/s1. The van der Waals surface area contributed by atoms with E-state index in [9.17, 15) is 5.11 Å². The van der Waals surface area contributed by atoms with Crippen LogP contribution in [0, 0.1) is 13.8 Å². The van der Waals surface area contributed by atoms with E-state index in [0.717, 1.165) is 40.1 Å². The van der Waals surface area contributed by atoms with Gasteiger partial charge in [0, 0.05) is 37.2 Å². The van der Waals surface area contributed by atoms with Gasteiger partial charge in [0.05, 0.1) is 36.6 Å². The van der Waals surface area contributed by atoms with Crippen molar-refractivity contribution < 1.29 is 14.2 Å². The third-order valence-electron chi connectivity index (χ3n) is 6.67. The van der Waals surface area contributed by atoms with E-state index in [1.807, 2.05) is 44.0 Å². The van der Waals surface area contributed by atoms with Gasteiger partial charge in [-0.25, -0.2) is 14.4 Å². The Morgan fingerprint density at radius 1 is 1.22 bits per heavy atom. The predicted molar refractivity (Wildman–Crippen MR) is 120 cm³/mol. The molecule has 2 aliphatic rings. The minimum Gasteiger partial charge on any atom is -0.389 e. The second-order valence-electron chi connectivity index (χ2n) is 8.96. The van der Waals surface area contributed by atoms with Gasteiger partial charge in [0.2, 0.25) is 5.95 Å². The summed E-state index contributed by atoms with van der Waals surface area (Å²) in [5.74, 6) is 1.10. The van der Waals surface area contributed by atoms with Gasteiger partial charge in [-0.1, -0.05) is 0 Å². The number of fused-ring (bicyclic) bond motifs is 1. The average molecular weight is 441 g/mol. The maximum absolute atomic E-state index is 15.3. The first kappa shape index (κ1) is 21.2. The third-order valence-corrected chi connectivity index (χ3v) is 6.67. The zero-order chi connectivity index (χ0) is 22.4. The number of ether oxygens (including phenoxy) is 1. The summed E-state index contributed by atoms with van der Waals surface area (Å²) >= 11 is 0. The summed E-state index contributed by atoms with van der Waals surface area (Å²) in [5.41, 5.74) is 3.74. The van der Waals surface area contributed by atoms with E-state index in [1.165, 1.54) is 0 Å². The summed E-state index contributed by atoms with van der Waals surface area (Å²) in [6, 6.07) is 5.87. The van der Waals surface area contributed by atoms with Gasteiger partial charge in [-0.15, -0.1) is 0 Å². The fraction of sp³-hybridized carbons (Fsp3) is 0.522. The largest absolute Gasteiger partial charge is 0.389 e. The van der Waals surface area contributed by atoms with Crippen molar-refractivity contribution in [2.45, 2.75) is 44.5 Å². The van der Waals surface area contributed by atoms with Crippen molar-refractivity contribution in [3.63, 3.8) is 0 Å². The number of nitrogens with one attached hydrogen (secondary N) is 1. The van der Waals surface area contributed by atoms with Crippen molar-refractivity contribution in [2.75, 3.05) is 31.6 Å². The van der Waals surface area contributed by atoms with Crippen LogP contribution in [0.4, 0.5) is 16.2 Å². The number of aliphatic hydroxyl groups is 1. The smallest absolute Gasteiger partial charge is 0.228 e. The summed E-state index contributed by atoms with van der Waals surface area (Å²) in [7, 11) is 1.86. The number of halogens is 1. The maximum atomic E-state index is 15.3. The van der Waals surface area contributed by atoms with Crippen LogP contribution < -0.4 is 5.32 Å². The predicted octanol–water partition coefficient (Wildman–Crippen LogP) is 2.61. The number of alkyl halides is 1. The number of aromatic nitrogens is 4. The summed E-state index contributed by atoms with van der Waals surface area (Å²) in [6.45, 7) is 5.80. The molecule has 170 valence electrons. The molecule has 2 aromatic heterocycles. The number of rotatable bonds is 4. The van der Waals surface area contributed by atoms with Crippen molar-refractivity contribution in [3.8, 4) is 0 Å². The highest BCUT2D eigenvalue weighted by Gasteiger charge is 2.38. The lowest BCUT2D eigenvalue weighted by Gasteiger charge is -2.39. The van der Waals surface area contributed by atoms with Gasteiger partial charge >= 0.3 is 0 Å². The summed E-state index contributed by atoms with van der Waals surface area (Å²) in [6.07, 6.45) is 0.944. The van der Waals surface area contributed by atoms with Crippen LogP contribution in [0.2, 0.25) is 0 Å². The van der Waals surface area contributed by atoms with Crippen molar-refractivity contribution in [1.82, 2.24) is 24.6 Å². The molecule has 3 aromatic rings. The van der Waals surface area contributed by atoms with E-state index in [4.69, 9.17) is 4.74 Å². The Labute approximate surface area is 186 Å². The van der Waals surface area contributed by atoms with E-state index < -0.39 is 12.3 Å². The molecule has 2 saturated heterocycles. The summed E-state index contributed by atoms with van der Waals surface area (Å²) < 4.78 is 22.4. The number of hydrogen-bond acceptors (Lipinski definition) is 7. The van der Waals surface area contributed by atoms with Crippen LogP contribution in [0.15, 0.2) is 24.4 Å². The molecule has 4 atom stereocenters. The monoisotopic (exact) mass is 440 g/mol. The maximum Gasteiger partial charge on any atom is 0.228 e. The van der Waals surface area contributed by atoms with Crippen molar-refractivity contribution >= 4 is 22.7 Å². The normalized spacial score (nSPS) is 26.7. The first-order chi connectivity index (χ1) is 15.4. The molecule has 5 rings (SSSR count). The molecule has 0 aliphatic carbocycles. The lowest BCUT2D eigenvalue weighted by Crippen LogP contribution is -2.50. The van der Waals surface area contributed by atoms with Crippen molar-refractivity contribution in [2.24, 2.45) is 7.05 Å². The van der Waals surface area contributed by atoms with E-state index in [1.54, 1.807) is 10.9 Å². The lowest BCUT2D eigenvalue weighted by atomic mass is 9.84. The van der Waals surface area contributed by atoms with E-state index in [-0.39, 0.29) is 12.0 Å². The van der Waals surface area contributed by atoms with Gasteiger partial charge in [0.1, 0.15) is 12.0 Å². The highest BCUT2D eigenvalue weighted by atomic mass is 19.1. The van der Waals surface area contributed by atoms with Gasteiger partial charge < -0.3 is 15.2 Å². The van der Waals surface area contributed by atoms with Crippen LogP contribution >= 0.6 is 0 Å². The molecule has 0 unspecified atom stereocenters. The number of piperidine rings is 1. The van der Waals surface area contributed by atoms with Crippen LogP contribution in [-0.4, -0.2) is 74.4 Å². The number of nitrogens with zero attached hydrogens (tertiary/aromatic N) is 5. The van der Waals surface area contributed by atoms with Gasteiger partial charge in [-0.05, 0) is 50.1 Å². The Hall–Kier alpha value is -2.62. The Morgan fingerprint density at radius 3 is 2.75 bits per heavy atom. The first-order valence-electron chi connectivity index (χ1n) is 11.1. The zero-order valence-corrected chi connectivity index (χ0v) is 18.6. The van der Waals surface area contributed by atoms with Crippen LogP contribution in [0.25, 0.3) is 10.9 Å². The van der Waals surface area contributed by atoms with Crippen LogP contribution in [-0.2, 0) is 11.8 Å². The minimum atomic E-state index is -1.01. The molecular formula is C23H29FN6O2. The summed E-state index contributed by atoms with van der Waals surface area (Å²) in [4.78, 5) is 11.2. The molecule has 32 heavy (non-hydrogen) atoms. The fourth-order valence-corrected chi connectivity index (χ4v) is 4.97. The molecule has 2 N–H and O–H groups in total. The molecule has 1 aromatic carbocycles. The zero-order valence-electron chi connectivity index (χ0n) is 18.6. The average Bonchev–Trinajstić information content (AvgIpc) is 3.32. The SMILES string of the molecule is Cc1cc(Nc2ncc3cc(C)c([C@H]4CCN([C@H]5COC[C@H]5O)C[C@@H]4F)cc3n2)n(C)n1. The molecule has 0 bridgehead atoms. The van der Waals surface area contributed by atoms with Crippen LogP contribution in [0.1, 0.15) is 29.2 Å². The van der Waals surface area contributed by atoms with Gasteiger partial charge in [0.25, 0.3) is 0 Å². The van der Waals surface area contributed by atoms with E-state index >= 15 is 4.39 Å². The molecule has 0 spiro atoms. The molecule has 0 radical (unpaired) electrons. The molecule has 0 amide bonds. The first-order valence-corrected chi connectivity index (χ1v) is 11.1. The quantitative estimate of drug-likeness (QED) is 0.645. The molecule has 0 saturated carbocycles. The third kappa shape index (κ3) is 3.96. The number of likely N-dealkylation sites (tertiary alicyclic amines) is 1. The van der Waals surface area contributed by atoms with Crippen LogP contribution in [0.5, 0.6) is 0 Å². The highest BCUT2D eigenvalue weighted by Crippen LogP contribution is 2.35. The highest BCUT2D eigenvalue weighted by molar-refractivity contribution is 5.81. The molecule has 8 nitrogen and oxygen atoms in total. The number of hydrogen-bond donors (Lipinski definition) is 2. The van der Waals surface area contributed by atoms with Crippen LogP contribution in [0.3, 0.4) is 0 Å². The van der Waals surface area contributed by atoms with E-state index in [0.29, 0.717) is 32.1 Å².